The first-order valence-electron chi connectivity index (χ1n) is 14.1. The van der Waals surface area contributed by atoms with Crippen molar-refractivity contribution in [2.45, 2.75) is 25.4 Å². The van der Waals surface area contributed by atoms with Crippen molar-refractivity contribution >= 4 is 17.8 Å². The smallest absolute Gasteiger partial charge is 0.338 e. The van der Waals surface area contributed by atoms with E-state index in [0.717, 1.165) is 22.3 Å². The van der Waals surface area contributed by atoms with Gasteiger partial charge >= 0.3 is 17.6 Å². The number of ether oxygens (including phenoxy) is 1. The van der Waals surface area contributed by atoms with Gasteiger partial charge < -0.3 is 15.6 Å². The summed E-state index contributed by atoms with van der Waals surface area (Å²) in [6.45, 7) is 0.876. The summed E-state index contributed by atoms with van der Waals surface area (Å²) >= 11 is 0. The summed E-state index contributed by atoms with van der Waals surface area (Å²) < 4.78 is 7.37. The number of carboxylic acid groups (broad SMARTS) is 1. The molecule has 44 heavy (non-hydrogen) atoms. The summed E-state index contributed by atoms with van der Waals surface area (Å²) in [6.07, 6.45) is 1.32. The van der Waals surface area contributed by atoms with E-state index in [1.807, 2.05) is 48.5 Å². The van der Waals surface area contributed by atoms with E-state index in [2.05, 4.69) is 0 Å². The molecule has 5 rings (SSSR count). The lowest BCUT2D eigenvalue weighted by molar-refractivity contribution is -0.147. The number of carboxylic acids is 1. The zero-order valence-electron chi connectivity index (χ0n) is 24.1. The third-order valence-electron chi connectivity index (χ3n) is 7.68. The van der Waals surface area contributed by atoms with Gasteiger partial charge in [-0.15, -0.1) is 0 Å². The van der Waals surface area contributed by atoms with Crippen molar-refractivity contribution in [3.63, 3.8) is 0 Å². The molecular formula is C33H32N4O7. The molecule has 4 aromatic rings. The molecule has 226 valence electrons. The van der Waals surface area contributed by atoms with Crippen LogP contribution in [0.5, 0.6) is 0 Å². The van der Waals surface area contributed by atoms with Gasteiger partial charge in [-0.3, -0.25) is 28.6 Å². The average Bonchev–Trinajstić information content (AvgIpc) is 3.34. The fraction of sp³-hybridized carbons (Fsp3) is 0.242. The van der Waals surface area contributed by atoms with E-state index in [4.69, 9.17) is 10.5 Å². The van der Waals surface area contributed by atoms with Gasteiger partial charge in [0.15, 0.2) is 0 Å². The molecule has 0 radical (unpaired) electrons. The molecule has 0 bridgehead atoms. The molecule has 0 aliphatic heterocycles. The Kier molecular flexibility index (Phi) is 8.98. The predicted octanol–water partition coefficient (Wildman–Crippen LogP) is 2.08. The lowest BCUT2D eigenvalue weighted by Crippen LogP contribution is -2.48. The van der Waals surface area contributed by atoms with E-state index in [9.17, 15) is 29.1 Å². The summed E-state index contributed by atoms with van der Waals surface area (Å²) in [4.78, 5) is 64.9. The standard InChI is InChI=1S/C33H32N4O7/c1-21-17-36(33(43)37(30(21)40)31(41)22-9-3-2-4-10-22)16-15-35(19-29(38)39)18-28(34)32(42)44-20-27-25-13-7-5-11-23(25)24-12-6-8-14-26(24)27/h2-14,17,27-28H,15-16,18-20,34H2,1H3,(H,38,39). The van der Waals surface area contributed by atoms with Gasteiger partial charge in [0.2, 0.25) is 0 Å². The number of hydrogen-bond acceptors (Lipinski definition) is 8. The number of nitrogens with two attached hydrogens (primary N) is 1. The first kappa shape index (κ1) is 30.3. The number of carbonyl (C=O) groups excluding carboxylic acids is 2. The van der Waals surface area contributed by atoms with Crippen LogP contribution in [0.15, 0.2) is 94.6 Å². The van der Waals surface area contributed by atoms with Crippen LogP contribution in [0.4, 0.5) is 0 Å². The Morgan fingerprint density at radius 2 is 1.52 bits per heavy atom. The van der Waals surface area contributed by atoms with Crippen LogP contribution in [0.2, 0.25) is 0 Å². The van der Waals surface area contributed by atoms with Crippen LogP contribution in [0, 0.1) is 6.92 Å². The maximum Gasteiger partial charge on any atom is 0.338 e. The van der Waals surface area contributed by atoms with E-state index in [0.29, 0.717) is 4.57 Å². The number of aromatic nitrogens is 2. The van der Waals surface area contributed by atoms with Crippen LogP contribution in [-0.4, -0.2) is 69.3 Å². The Balaban J connectivity index is 1.27. The molecule has 11 heteroatoms. The predicted molar refractivity (Wildman–Crippen MR) is 163 cm³/mol. The first-order valence-corrected chi connectivity index (χ1v) is 14.1. The lowest BCUT2D eigenvalue weighted by Gasteiger charge is -2.24. The van der Waals surface area contributed by atoms with Crippen molar-refractivity contribution in [2.75, 3.05) is 26.2 Å². The van der Waals surface area contributed by atoms with Gasteiger partial charge in [0, 0.05) is 42.9 Å². The summed E-state index contributed by atoms with van der Waals surface area (Å²) in [5, 5.41) is 9.49. The molecule has 1 aromatic heterocycles. The van der Waals surface area contributed by atoms with Gasteiger partial charge in [-0.2, -0.15) is 4.57 Å². The molecule has 1 atom stereocenters. The Hall–Kier alpha value is -5.13. The normalized spacial score (nSPS) is 12.9. The van der Waals surface area contributed by atoms with Crippen LogP contribution in [-0.2, 0) is 20.9 Å². The number of aryl methyl sites for hydroxylation is 1. The highest BCUT2D eigenvalue weighted by Gasteiger charge is 2.30. The van der Waals surface area contributed by atoms with E-state index < -0.39 is 41.7 Å². The molecular weight excluding hydrogens is 564 g/mol. The molecule has 1 aliphatic carbocycles. The van der Waals surface area contributed by atoms with Gasteiger partial charge in [-0.05, 0) is 41.3 Å². The minimum Gasteiger partial charge on any atom is -0.480 e. The van der Waals surface area contributed by atoms with Crippen molar-refractivity contribution < 1.29 is 24.2 Å². The van der Waals surface area contributed by atoms with Crippen molar-refractivity contribution in [1.82, 2.24) is 14.0 Å². The SMILES string of the molecule is Cc1cn(CCN(CC(=O)O)CC(N)C(=O)OCC2c3ccccc3-c3ccccc32)c(=O)n(C(=O)c2ccccc2)c1=O. The van der Waals surface area contributed by atoms with Gasteiger partial charge in [0.25, 0.3) is 11.5 Å². The van der Waals surface area contributed by atoms with Crippen molar-refractivity contribution in [3.8, 4) is 11.1 Å². The number of fused-ring (bicyclic) bond motifs is 3. The largest absolute Gasteiger partial charge is 0.480 e. The fourth-order valence-electron chi connectivity index (χ4n) is 5.52. The number of hydrogen-bond donors (Lipinski definition) is 2. The Morgan fingerprint density at radius 3 is 2.14 bits per heavy atom. The van der Waals surface area contributed by atoms with E-state index in [1.165, 1.54) is 34.7 Å². The van der Waals surface area contributed by atoms with Crippen molar-refractivity contribution in [2.24, 2.45) is 5.73 Å². The van der Waals surface area contributed by atoms with Crippen LogP contribution in [0.25, 0.3) is 11.1 Å². The Morgan fingerprint density at radius 1 is 0.932 bits per heavy atom. The minimum absolute atomic E-state index is 0.00622. The van der Waals surface area contributed by atoms with E-state index in [-0.39, 0.29) is 43.3 Å². The minimum atomic E-state index is -1.16. The zero-order valence-corrected chi connectivity index (χ0v) is 24.1. The highest BCUT2D eigenvalue weighted by molar-refractivity contribution is 5.95. The second kappa shape index (κ2) is 13.0. The number of nitrogens with zero attached hydrogens (tertiary/aromatic N) is 3. The van der Waals surface area contributed by atoms with Crippen LogP contribution < -0.4 is 17.0 Å². The quantitative estimate of drug-likeness (QED) is 0.248. The van der Waals surface area contributed by atoms with Gasteiger partial charge in [0.05, 0.1) is 6.54 Å². The van der Waals surface area contributed by atoms with Crippen molar-refractivity contribution in [3.05, 3.63) is 128 Å². The van der Waals surface area contributed by atoms with Crippen LogP contribution in [0.3, 0.4) is 0 Å². The first-order chi connectivity index (χ1) is 21.2. The van der Waals surface area contributed by atoms with E-state index in [1.54, 1.807) is 18.2 Å². The molecule has 1 unspecified atom stereocenters. The summed E-state index contributed by atoms with van der Waals surface area (Å²) in [5.74, 6) is -2.76. The number of benzene rings is 3. The van der Waals surface area contributed by atoms with Crippen LogP contribution in [0.1, 0.15) is 33.0 Å². The molecule has 3 aromatic carbocycles. The molecule has 3 N–H and O–H groups in total. The molecule has 1 aliphatic rings. The molecule has 0 amide bonds. The molecule has 0 saturated carbocycles. The number of esters is 1. The van der Waals surface area contributed by atoms with Gasteiger partial charge in [-0.1, -0.05) is 66.7 Å². The van der Waals surface area contributed by atoms with Gasteiger partial charge in [0.1, 0.15) is 12.6 Å². The Bertz CT molecular complexity index is 1780. The monoisotopic (exact) mass is 596 g/mol. The average molecular weight is 597 g/mol. The van der Waals surface area contributed by atoms with Gasteiger partial charge in [-0.25, -0.2) is 4.79 Å². The maximum atomic E-state index is 13.2. The summed E-state index contributed by atoms with van der Waals surface area (Å²) in [6, 6.07) is 22.6. The molecule has 1 heterocycles. The molecule has 0 spiro atoms. The fourth-order valence-corrected chi connectivity index (χ4v) is 5.52. The Labute approximate surface area is 252 Å². The topological polar surface area (TPSA) is 154 Å². The lowest BCUT2D eigenvalue weighted by atomic mass is 9.98. The highest BCUT2D eigenvalue weighted by Crippen LogP contribution is 2.44. The van der Waals surface area contributed by atoms with Crippen molar-refractivity contribution in [1.29, 1.82) is 0 Å². The molecule has 11 nitrogen and oxygen atoms in total. The number of carbonyl (C=O) groups is 3. The number of rotatable bonds is 11. The van der Waals surface area contributed by atoms with Crippen LogP contribution >= 0.6 is 0 Å². The number of aliphatic carboxylic acids is 1. The second-order valence-electron chi connectivity index (χ2n) is 10.7. The molecule has 0 fully saturated rings. The third kappa shape index (κ3) is 6.29. The highest BCUT2D eigenvalue weighted by atomic mass is 16.5. The van der Waals surface area contributed by atoms with E-state index >= 15 is 0 Å². The zero-order chi connectivity index (χ0) is 31.4. The summed E-state index contributed by atoms with van der Waals surface area (Å²) in [7, 11) is 0. The second-order valence-corrected chi connectivity index (χ2v) is 10.7. The third-order valence-corrected chi connectivity index (χ3v) is 7.68. The molecule has 0 saturated heterocycles. The maximum absolute atomic E-state index is 13.2. The summed E-state index contributed by atoms with van der Waals surface area (Å²) in [5.41, 5.74) is 9.19.